The first-order chi connectivity index (χ1) is 7.63. The molecule has 86 valence electrons. The lowest BCUT2D eigenvalue weighted by Gasteiger charge is -2.21. The van der Waals surface area contributed by atoms with E-state index in [1.54, 1.807) is 6.20 Å². The average molecular weight is 217 g/mol. The predicted molar refractivity (Wildman–Crippen MR) is 66.4 cm³/mol. The van der Waals surface area contributed by atoms with Crippen LogP contribution in [0.15, 0.2) is 18.5 Å². The maximum absolute atomic E-state index is 4.64. The summed E-state index contributed by atoms with van der Waals surface area (Å²) in [6.45, 7) is 6.71. The van der Waals surface area contributed by atoms with Crippen LogP contribution in [0.1, 0.15) is 45.9 Å². The van der Waals surface area contributed by atoms with Crippen molar-refractivity contribution in [3.63, 3.8) is 0 Å². The Kier molecular flexibility index (Phi) is 2.95. The highest BCUT2D eigenvalue weighted by Crippen LogP contribution is 2.28. The zero-order chi connectivity index (χ0) is 11.6. The molecule has 2 aromatic rings. The molecule has 0 aliphatic carbocycles. The van der Waals surface area contributed by atoms with E-state index in [1.165, 1.54) is 12.8 Å². The molecule has 0 unspecified atom stereocenters. The Bertz CT molecular complexity index is 438. The summed E-state index contributed by atoms with van der Waals surface area (Å²) in [4.78, 5) is 12.1. The highest BCUT2D eigenvalue weighted by molar-refractivity contribution is 5.73. The molecule has 2 rings (SSSR count). The van der Waals surface area contributed by atoms with E-state index in [0.29, 0.717) is 0 Å². The van der Waals surface area contributed by atoms with Crippen molar-refractivity contribution in [1.29, 1.82) is 0 Å². The van der Waals surface area contributed by atoms with Gasteiger partial charge in [-0.15, -0.1) is 0 Å². The fourth-order valence-corrected chi connectivity index (χ4v) is 1.91. The number of H-pyrrole nitrogens is 1. The van der Waals surface area contributed by atoms with Crippen molar-refractivity contribution >= 4 is 11.0 Å². The first kappa shape index (κ1) is 11.1. The topological polar surface area (TPSA) is 41.6 Å². The maximum atomic E-state index is 4.64. The molecular weight excluding hydrogens is 198 g/mol. The molecule has 1 N–H and O–H groups in total. The van der Waals surface area contributed by atoms with Crippen LogP contribution >= 0.6 is 0 Å². The molecule has 0 amide bonds. The molecule has 2 heterocycles. The van der Waals surface area contributed by atoms with Crippen molar-refractivity contribution in [1.82, 2.24) is 15.0 Å². The summed E-state index contributed by atoms with van der Waals surface area (Å²) in [5.74, 6) is 1.07. The van der Waals surface area contributed by atoms with E-state index >= 15 is 0 Å². The van der Waals surface area contributed by atoms with Gasteiger partial charge in [0.05, 0.1) is 17.2 Å². The van der Waals surface area contributed by atoms with Gasteiger partial charge in [0.1, 0.15) is 5.82 Å². The van der Waals surface area contributed by atoms with Crippen molar-refractivity contribution in [2.45, 2.75) is 45.4 Å². The molecule has 0 saturated heterocycles. The number of unbranched alkanes of at least 4 members (excludes halogenated alkanes) is 1. The van der Waals surface area contributed by atoms with Crippen molar-refractivity contribution in [2.24, 2.45) is 0 Å². The average Bonchev–Trinajstić information content (AvgIpc) is 2.71. The monoisotopic (exact) mass is 217 g/mol. The number of hydrogen-bond donors (Lipinski definition) is 1. The molecule has 0 fully saturated rings. The summed E-state index contributed by atoms with van der Waals surface area (Å²) in [7, 11) is 0. The van der Waals surface area contributed by atoms with E-state index in [4.69, 9.17) is 0 Å². The van der Waals surface area contributed by atoms with Crippen LogP contribution in [-0.4, -0.2) is 15.0 Å². The minimum absolute atomic E-state index is 0.120. The molecule has 0 aromatic carbocycles. The molecule has 3 nitrogen and oxygen atoms in total. The van der Waals surface area contributed by atoms with E-state index in [-0.39, 0.29) is 5.41 Å². The SMILES string of the molecule is CCCCC(C)(C)c1nc2ccncc2[nH]1. The van der Waals surface area contributed by atoms with Crippen LogP contribution < -0.4 is 0 Å². The molecule has 2 aromatic heterocycles. The molecule has 0 aliphatic heterocycles. The van der Waals surface area contributed by atoms with Crippen LogP contribution in [0.25, 0.3) is 11.0 Å². The third-order valence-corrected chi connectivity index (χ3v) is 3.08. The van der Waals surface area contributed by atoms with E-state index < -0.39 is 0 Å². The van der Waals surface area contributed by atoms with E-state index in [9.17, 15) is 0 Å². The summed E-state index contributed by atoms with van der Waals surface area (Å²) < 4.78 is 0. The highest BCUT2D eigenvalue weighted by atomic mass is 14.9. The van der Waals surface area contributed by atoms with Gasteiger partial charge in [0.25, 0.3) is 0 Å². The minimum atomic E-state index is 0.120. The Balaban J connectivity index is 2.31. The van der Waals surface area contributed by atoms with Crippen LogP contribution in [-0.2, 0) is 5.41 Å². The first-order valence-corrected chi connectivity index (χ1v) is 5.93. The van der Waals surface area contributed by atoms with Gasteiger partial charge < -0.3 is 4.98 Å². The molecule has 0 atom stereocenters. The second-order valence-corrected chi connectivity index (χ2v) is 4.97. The standard InChI is InChI=1S/C13H19N3/c1-4-5-7-13(2,3)12-15-10-6-8-14-9-11(10)16-12/h6,8-9H,4-5,7H2,1-3H3,(H,15,16). The molecule has 0 spiro atoms. The largest absolute Gasteiger partial charge is 0.340 e. The fraction of sp³-hybridized carbons (Fsp3) is 0.538. The van der Waals surface area contributed by atoms with Gasteiger partial charge in [-0.25, -0.2) is 4.98 Å². The second-order valence-electron chi connectivity index (χ2n) is 4.97. The van der Waals surface area contributed by atoms with Crippen molar-refractivity contribution in [2.75, 3.05) is 0 Å². The first-order valence-electron chi connectivity index (χ1n) is 5.93. The molecular formula is C13H19N3. The summed E-state index contributed by atoms with van der Waals surface area (Å²) in [5.41, 5.74) is 2.16. The smallest absolute Gasteiger partial charge is 0.112 e. The third-order valence-electron chi connectivity index (χ3n) is 3.08. The Morgan fingerprint density at radius 2 is 2.19 bits per heavy atom. The van der Waals surface area contributed by atoms with Gasteiger partial charge in [-0.2, -0.15) is 0 Å². The quantitative estimate of drug-likeness (QED) is 0.852. The van der Waals surface area contributed by atoms with Crippen molar-refractivity contribution < 1.29 is 0 Å². The fourth-order valence-electron chi connectivity index (χ4n) is 1.91. The van der Waals surface area contributed by atoms with Crippen LogP contribution in [0.4, 0.5) is 0 Å². The Morgan fingerprint density at radius 1 is 1.38 bits per heavy atom. The van der Waals surface area contributed by atoms with Crippen LogP contribution in [0.2, 0.25) is 0 Å². The molecule has 0 saturated carbocycles. The van der Waals surface area contributed by atoms with Gasteiger partial charge in [-0.3, -0.25) is 4.98 Å². The van der Waals surface area contributed by atoms with Gasteiger partial charge in [0.2, 0.25) is 0 Å². The number of pyridine rings is 1. The molecule has 3 heteroatoms. The molecule has 16 heavy (non-hydrogen) atoms. The number of nitrogens with one attached hydrogen (secondary N) is 1. The zero-order valence-electron chi connectivity index (χ0n) is 10.2. The van der Waals surface area contributed by atoms with Crippen LogP contribution in [0, 0.1) is 0 Å². The summed E-state index contributed by atoms with van der Waals surface area (Å²) in [5, 5.41) is 0. The van der Waals surface area contributed by atoms with Gasteiger partial charge >= 0.3 is 0 Å². The molecule has 0 radical (unpaired) electrons. The number of nitrogens with zero attached hydrogens (tertiary/aromatic N) is 2. The van der Waals surface area contributed by atoms with Gasteiger partial charge in [-0.05, 0) is 12.5 Å². The Hall–Kier alpha value is -1.38. The highest BCUT2D eigenvalue weighted by Gasteiger charge is 2.23. The second kappa shape index (κ2) is 4.24. The summed E-state index contributed by atoms with van der Waals surface area (Å²) in [6, 6.07) is 1.95. The summed E-state index contributed by atoms with van der Waals surface area (Å²) in [6.07, 6.45) is 7.25. The number of aromatic amines is 1. The Morgan fingerprint density at radius 3 is 2.88 bits per heavy atom. The number of fused-ring (bicyclic) bond motifs is 1. The number of rotatable bonds is 4. The number of imidazole rings is 1. The predicted octanol–water partition coefficient (Wildman–Crippen LogP) is 3.43. The maximum Gasteiger partial charge on any atom is 0.112 e. The minimum Gasteiger partial charge on any atom is -0.340 e. The van der Waals surface area contributed by atoms with Crippen molar-refractivity contribution in [3.05, 3.63) is 24.3 Å². The van der Waals surface area contributed by atoms with E-state index in [2.05, 4.69) is 35.7 Å². The lowest BCUT2D eigenvalue weighted by Crippen LogP contribution is -2.18. The van der Waals surface area contributed by atoms with Gasteiger partial charge in [-0.1, -0.05) is 33.6 Å². The summed E-state index contributed by atoms with van der Waals surface area (Å²) >= 11 is 0. The van der Waals surface area contributed by atoms with Crippen LogP contribution in [0.5, 0.6) is 0 Å². The van der Waals surface area contributed by atoms with Crippen LogP contribution in [0.3, 0.4) is 0 Å². The third kappa shape index (κ3) is 2.08. The van der Waals surface area contributed by atoms with E-state index in [1.807, 2.05) is 12.3 Å². The Labute approximate surface area is 96.3 Å². The lowest BCUT2D eigenvalue weighted by atomic mass is 9.86. The van der Waals surface area contributed by atoms with Crippen molar-refractivity contribution in [3.8, 4) is 0 Å². The van der Waals surface area contributed by atoms with E-state index in [0.717, 1.165) is 23.3 Å². The zero-order valence-corrected chi connectivity index (χ0v) is 10.2. The van der Waals surface area contributed by atoms with Gasteiger partial charge in [0, 0.05) is 11.6 Å². The van der Waals surface area contributed by atoms with Gasteiger partial charge in [0.15, 0.2) is 0 Å². The number of aromatic nitrogens is 3. The molecule has 0 bridgehead atoms. The molecule has 0 aliphatic rings. The number of hydrogen-bond acceptors (Lipinski definition) is 2. The lowest BCUT2D eigenvalue weighted by molar-refractivity contribution is 0.436. The normalized spacial score (nSPS) is 12.2.